The standard InChI is InChI=1S/C13H8F3NO3/c14-13(15,16)12(20)17-10-6-2-3-7-8(10)4-1-5-9(7)11(18)19/h1-6H,(H,17,20)(H,18,19). The molecule has 2 aromatic rings. The van der Waals surface area contributed by atoms with Crippen LogP contribution in [0.1, 0.15) is 10.4 Å². The van der Waals surface area contributed by atoms with Crippen LogP contribution in [-0.2, 0) is 4.79 Å². The van der Waals surface area contributed by atoms with Crippen molar-refractivity contribution in [1.82, 2.24) is 0 Å². The molecule has 104 valence electrons. The number of amides is 1. The van der Waals surface area contributed by atoms with Crippen molar-refractivity contribution in [3.05, 3.63) is 42.0 Å². The largest absolute Gasteiger partial charge is 0.478 e. The second-order valence-corrected chi connectivity index (χ2v) is 3.96. The Labute approximate surface area is 110 Å². The van der Waals surface area contributed by atoms with Crippen molar-refractivity contribution in [2.75, 3.05) is 5.32 Å². The molecule has 1 amide bonds. The minimum atomic E-state index is -5.01. The summed E-state index contributed by atoms with van der Waals surface area (Å²) in [5.74, 6) is -3.30. The second kappa shape index (κ2) is 4.84. The monoisotopic (exact) mass is 283 g/mol. The van der Waals surface area contributed by atoms with Gasteiger partial charge in [0, 0.05) is 11.1 Å². The molecule has 0 bridgehead atoms. The van der Waals surface area contributed by atoms with E-state index in [9.17, 15) is 22.8 Å². The van der Waals surface area contributed by atoms with Gasteiger partial charge in [-0.05, 0) is 17.5 Å². The fraction of sp³-hybridized carbons (Fsp3) is 0.0769. The zero-order valence-electron chi connectivity index (χ0n) is 9.86. The van der Waals surface area contributed by atoms with E-state index < -0.39 is 18.1 Å². The van der Waals surface area contributed by atoms with E-state index in [1.807, 2.05) is 0 Å². The molecule has 0 atom stereocenters. The van der Waals surface area contributed by atoms with Crippen LogP contribution in [-0.4, -0.2) is 23.2 Å². The highest BCUT2D eigenvalue weighted by molar-refractivity contribution is 6.10. The van der Waals surface area contributed by atoms with Gasteiger partial charge in [-0.2, -0.15) is 13.2 Å². The molecule has 4 nitrogen and oxygen atoms in total. The maximum absolute atomic E-state index is 12.2. The lowest BCUT2D eigenvalue weighted by atomic mass is 10.0. The molecule has 2 aromatic carbocycles. The number of anilines is 1. The van der Waals surface area contributed by atoms with E-state index in [0.717, 1.165) is 0 Å². The van der Waals surface area contributed by atoms with Gasteiger partial charge in [0.2, 0.25) is 0 Å². The molecule has 0 heterocycles. The summed E-state index contributed by atoms with van der Waals surface area (Å²) in [6.07, 6.45) is -5.01. The minimum absolute atomic E-state index is 0.0504. The van der Waals surface area contributed by atoms with E-state index >= 15 is 0 Å². The van der Waals surface area contributed by atoms with Crippen molar-refractivity contribution in [3.8, 4) is 0 Å². The molecule has 0 fully saturated rings. The van der Waals surface area contributed by atoms with Crippen molar-refractivity contribution in [3.63, 3.8) is 0 Å². The Bertz CT molecular complexity index is 695. The summed E-state index contributed by atoms with van der Waals surface area (Å²) in [6, 6.07) is 8.28. The number of carbonyl (C=O) groups excluding carboxylic acids is 1. The maximum Gasteiger partial charge on any atom is 0.471 e. The van der Waals surface area contributed by atoms with Crippen LogP contribution in [0.2, 0.25) is 0 Å². The molecule has 2 rings (SSSR count). The highest BCUT2D eigenvalue weighted by atomic mass is 19.4. The van der Waals surface area contributed by atoms with Crippen LogP contribution >= 0.6 is 0 Å². The van der Waals surface area contributed by atoms with Crippen LogP contribution in [0.3, 0.4) is 0 Å². The number of hydrogen-bond donors (Lipinski definition) is 2. The number of nitrogens with one attached hydrogen (secondary N) is 1. The highest BCUT2D eigenvalue weighted by Gasteiger charge is 2.38. The van der Waals surface area contributed by atoms with E-state index in [-0.39, 0.29) is 22.0 Å². The van der Waals surface area contributed by atoms with Gasteiger partial charge in [-0.15, -0.1) is 0 Å². The van der Waals surface area contributed by atoms with E-state index in [4.69, 9.17) is 5.11 Å². The first-order valence-electron chi connectivity index (χ1n) is 5.44. The summed E-state index contributed by atoms with van der Waals surface area (Å²) in [5.41, 5.74) is -0.140. The lowest BCUT2D eigenvalue weighted by Crippen LogP contribution is -2.30. The third kappa shape index (κ3) is 2.56. The van der Waals surface area contributed by atoms with Crippen LogP contribution in [0.4, 0.5) is 18.9 Å². The van der Waals surface area contributed by atoms with E-state index in [1.54, 1.807) is 5.32 Å². The molecule has 20 heavy (non-hydrogen) atoms. The normalized spacial score (nSPS) is 11.3. The predicted molar refractivity (Wildman–Crippen MR) is 65.6 cm³/mol. The first-order chi connectivity index (χ1) is 9.30. The lowest BCUT2D eigenvalue weighted by Gasteiger charge is -2.11. The Hall–Kier alpha value is -2.57. The summed E-state index contributed by atoms with van der Waals surface area (Å²) in [7, 11) is 0. The molecule has 0 unspecified atom stereocenters. The number of aromatic carboxylic acids is 1. The van der Waals surface area contributed by atoms with Crippen molar-refractivity contribution < 1.29 is 27.9 Å². The Morgan fingerprint density at radius 1 is 1.00 bits per heavy atom. The third-order valence-electron chi connectivity index (χ3n) is 2.66. The Morgan fingerprint density at radius 2 is 1.60 bits per heavy atom. The molecule has 0 aromatic heterocycles. The topological polar surface area (TPSA) is 66.4 Å². The first-order valence-corrected chi connectivity index (χ1v) is 5.44. The highest BCUT2D eigenvalue weighted by Crippen LogP contribution is 2.27. The number of carboxylic acid groups (broad SMARTS) is 1. The van der Waals surface area contributed by atoms with Crippen LogP contribution in [0.25, 0.3) is 10.8 Å². The van der Waals surface area contributed by atoms with Crippen LogP contribution in [0.15, 0.2) is 36.4 Å². The molecule has 0 aliphatic rings. The smallest absolute Gasteiger partial charge is 0.471 e. The van der Waals surface area contributed by atoms with Gasteiger partial charge < -0.3 is 10.4 Å². The fourth-order valence-electron chi connectivity index (χ4n) is 1.80. The van der Waals surface area contributed by atoms with Crippen LogP contribution in [0.5, 0.6) is 0 Å². The van der Waals surface area contributed by atoms with Crippen LogP contribution in [0, 0.1) is 0 Å². The number of halogens is 3. The fourth-order valence-corrected chi connectivity index (χ4v) is 1.80. The van der Waals surface area contributed by atoms with Crippen LogP contribution < -0.4 is 5.32 Å². The zero-order chi connectivity index (χ0) is 14.9. The number of alkyl halides is 3. The van der Waals surface area contributed by atoms with E-state index in [2.05, 4.69) is 0 Å². The molecule has 0 radical (unpaired) electrons. The summed E-state index contributed by atoms with van der Waals surface area (Å²) in [4.78, 5) is 22.0. The van der Waals surface area contributed by atoms with Gasteiger partial charge in [0.1, 0.15) is 0 Å². The Balaban J connectivity index is 2.54. The summed E-state index contributed by atoms with van der Waals surface area (Å²) >= 11 is 0. The van der Waals surface area contributed by atoms with Crippen molar-refractivity contribution in [1.29, 1.82) is 0 Å². The van der Waals surface area contributed by atoms with Gasteiger partial charge in [0.15, 0.2) is 0 Å². The zero-order valence-corrected chi connectivity index (χ0v) is 9.86. The quantitative estimate of drug-likeness (QED) is 0.890. The number of rotatable bonds is 2. The molecule has 7 heteroatoms. The first kappa shape index (κ1) is 13.9. The van der Waals surface area contributed by atoms with E-state index in [0.29, 0.717) is 0 Å². The van der Waals surface area contributed by atoms with Gasteiger partial charge in [-0.1, -0.05) is 24.3 Å². The third-order valence-corrected chi connectivity index (χ3v) is 2.66. The lowest BCUT2D eigenvalue weighted by molar-refractivity contribution is -0.167. The molecule has 0 spiro atoms. The van der Waals surface area contributed by atoms with Gasteiger partial charge in [-0.3, -0.25) is 4.79 Å². The van der Waals surface area contributed by atoms with Gasteiger partial charge >= 0.3 is 18.1 Å². The van der Waals surface area contributed by atoms with E-state index in [1.165, 1.54) is 36.4 Å². The Morgan fingerprint density at radius 3 is 2.20 bits per heavy atom. The molecule has 0 aliphatic heterocycles. The Kier molecular flexibility index (Phi) is 3.35. The SMILES string of the molecule is O=C(O)c1cccc2c(NC(=O)C(F)(F)F)cccc12. The van der Waals surface area contributed by atoms with Gasteiger partial charge in [0.25, 0.3) is 0 Å². The molecule has 0 saturated carbocycles. The summed E-state index contributed by atoms with van der Waals surface area (Å²) in [5, 5.41) is 11.2. The van der Waals surface area contributed by atoms with Crippen molar-refractivity contribution in [2.24, 2.45) is 0 Å². The van der Waals surface area contributed by atoms with Crippen molar-refractivity contribution in [2.45, 2.75) is 6.18 Å². The maximum atomic E-state index is 12.2. The number of carbonyl (C=O) groups is 2. The summed E-state index contributed by atoms with van der Waals surface area (Å²) in [6.45, 7) is 0. The molecule has 2 N–H and O–H groups in total. The molecular formula is C13H8F3NO3. The van der Waals surface area contributed by atoms with Gasteiger partial charge in [-0.25, -0.2) is 4.79 Å². The number of carboxylic acids is 1. The van der Waals surface area contributed by atoms with Crippen molar-refractivity contribution >= 4 is 28.3 Å². The number of fused-ring (bicyclic) bond motifs is 1. The average Bonchev–Trinajstić information content (AvgIpc) is 2.37. The summed E-state index contributed by atoms with van der Waals surface area (Å²) < 4.78 is 36.7. The average molecular weight is 283 g/mol. The molecule has 0 aliphatic carbocycles. The van der Waals surface area contributed by atoms with Gasteiger partial charge in [0.05, 0.1) is 5.56 Å². The minimum Gasteiger partial charge on any atom is -0.478 e. The molecular weight excluding hydrogens is 275 g/mol. The second-order valence-electron chi connectivity index (χ2n) is 3.96. The number of benzene rings is 2. The predicted octanol–water partition coefficient (Wildman–Crippen LogP) is 3.04. The molecule has 0 saturated heterocycles. The number of hydrogen-bond acceptors (Lipinski definition) is 2.